The van der Waals surface area contributed by atoms with E-state index in [0.29, 0.717) is 39.0 Å². The number of aryl methyl sites for hydroxylation is 1. The van der Waals surface area contributed by atoms with Gasteiger partial charge in [0.2, 0.25) is 6.79 Å². The Morgan fingerprint density at radius 3 is 2.45 bits per heavy atom. The van der Waals surface area contributed by atoms with Crippen molar-refractivity contribution in [3.63, 3.8) is 0 Å². The van der Waals surface area contributed by atoms with Crippen LogP contribution in [-0.4, -0.2) is 18.6 Å². The number of hydrogen-bond donors (Lipinski definition) is 1. The van der Waals surface area contributed by atoms with Gasteiger partial charge in [0.05, 0.1) is 11.3 Å². The highest BCUT2D eigenvalue weighted by Gasteiger charge is 2.40. The second-order valence-corrected chi connectivity index (χ2v) is 7.60. The molecule has 0 bridgehead atoms. The smallest absolute Gasteiger partial charge is 0.282 e. The summed E-state index contributed by atoms with van der Waals surface area (Å²) in [6, 6.07) is 19.5. The van der Waals surface area contributed by atoms with Crippen molar-refractivity contribution < 1.29 is 19.1 Å². The molecule has 6 nitrogen and oxygen atoms in total. The third-order valence-electron chi connectivity index (χ3n) is 5.20. The van der Waals surface area contributed by atoms with E-state index in [1.807, 2.05) is 25.1 Å². The Hall–Kier alpha value is -3.77. The Balaban J connectivity index is 1.59. The number of imide groups is 1. The van der Waals surface area contributed by atoms with Crippen LogP contribution in [0, 0.1) is 6.92 Å². The topological polar surface area (TPSA) is 67.9 Å². The number of rotatable bonds is 4. The lowest BCUT2D eigenvalue weighted by molar-refractivity contribution is -0.120. The van der Waals surface area contributed by atoms with E-state index < -0.39 is 11.8 Å². The summed E-state index contributed by atoms with van der Waals surface area (Å²) in [5, 5.41) is 3.61. The van der Waals surface area contributed by atoms with Gasteiger partial charge >= 0.3 is 0 Å². The number of halogens is 1. The van der Waals surface area contributed by atoms with Gasteiger partial charge in [-0.25, -0.2) is 4.90 Å². The minimum atomic E-state index is -0.457. The average Bonchev–Trinajstić information content (AvgIpc) is 3.33. The van der Waals surface area contributed by atoms with Crippen molar-refractivity contribution in [2.45, 2.75) is 6.92 Å². The summed E-state index contributed by atoms with van der Waals surface area (Å²) in [6.45, 7) is 2.01. The van der Waals surface area contributed by atoms with Crippen molar-refractivity contribution in [1.82, 2.24) is 0 Å². The van der Waals surface area contributed by atoms with Crippen LogP contribution in [0.25, 0.3) is 5.57 Å². The normalized spacial score (nSPS) is 15.1. The number of fused-ring (bicyclic) bond motifs is 1. The predicted octanol–water partition coefficient (Wildman–Crippen LogP) is 4.77. The zero-order valence-corrected chi connectivity index (χ0v) is 17.3. The molecule has 2 heterocycles. The van der Waals surface area contributed by atoms with E-state index in [4.69, 9.17) is 21.1 Å². The van der Waals surface area contributed by atoms with E-state index >= 15 is 0 Å². The van der Waals surface area contributed by atoms with Gasteiger partial charge in [-0.3, -0.25) is 9.59 Å². The number of carbonyl (C=O) groups excluding carboxylic acids is 2. The van der Waals surface area contributed by atoms with E-state index in [1.54, 1.807) is 48.5 Å². The highest BCUT2D eigenvalue weighted by Crippen LogP contribution is 2.38. The summed E-state index contributed by atoms with van der Waals surface area (Å²) < 4.78 is 10.8. The van der Waals surface area contributed by atoms with Crippen LogP contribution in [0.15, 0.2) is 72.4 Å². The fourth-order valence-corrected chi connectivity index (χ4v) is 3.77. The lowest BCUT2D eigenvalue weighted by Gasteiger charge is -2.16. The Labute approximate surface area is 183 Å². The number of amides is 2. The van der Waals surface area contributed by atoms with Crippen molar-refractivity contribution in [1.29, 1.82) is 0 Å². The third-order valence-corrected chi connectivity index (χ3v) is 5.61. The predicted molar refractivity (Wildman–Crippen MR) is 118 cm³/mol. The first-order chi connectivity index (χ1) is 15.0. The van der Waals surface area contributed by atoms with Crippen molar-refractivity contribution in [2.24, 2.45) is 0 Å². The Morgan fingerprint density at radius 2 is 1.68 bits per heavy atom. The number of carbonyl (C=O) groups is 2. The quantitative estimate of drug-likeness (QED) is 0.601. The van der Waals surface area contributed by atoms with Gasteiger partial charge in [0, 0.05) is 16.8 Å². The van der Waals surface area contributed by atoms with Crippen molar-refractivity contribution in [3.8, 4) is 11.5 Å². The van der Waals surface area contributed by atoms with Gasteiger partial charge in [-0.1, -0.05) is 48.0 Å². The van der Waals surface area contributed by atoms with Gasteiger partial charge in [0.1, 0.15) is 5.70 Å². The highest BCUT2D eigenvalue weighted by atomic mass is 35.5. The maximum Gasteiger partial charge on any atom is 0.282 e. The number of nitrogens with one attached hydrogen (secondary N) is 1. The van der Waals surface area contributed by atoms with Crippen LogP contribution in [0.1, 0.15) is 11.1 Å². The summed E-state index contributed by atoms with van der Waals surface area (Å²) in [7, 11) is 0. The average molecular weight is 433 g/mol. The molecule has 0 spiro atoms. The van der Waals surface area contributed by atoms with E-state index in [-0.39, 0.29) is 12.5 Å². The van der Waals surface area contributed by atoms with Crippen molar-refractivity contribution in [2.75, 3.05) is 17.0 Å². The molecule has 5 rings (SSSR count). The highest BCUT2D eigenvalue weighted by molar-refractivity contribution is 6.46. The van der Waals surface area contributed by atoms with Gasteiger partial charge in [-0.2, -0.15) is 0 Å². The molecule has 2 amide bonds. The molecular formula is C24H17ClN2O4. The molecule has 0 aliphatic carbocycles. The molecule has 0 saturated heterocycles. The minimum absolute atomic E-state index is 0.149. The fourth-order valence-electron chi connectivity index (χ4n) is 3.59. The lowest BCUT2D eigenvalue weighted by Crippen LogP contribution is -2.32. The Bertz CT molecular complexity index is 1250. The SMILES string of the molecule is Cc1ccc(N2C(=O)C(Nc3ccc4c(c3)OCO4)=C(c3ccccc3)C2=O)cc1Cl. The molecule has 7 heteroatoms. The number of hydrogen-bond acceptors (Lipinski definition) is 5. The molecule has 0 fully saturated rings. The van der Waals surface area contributed by atoms with Crippen molar-refractivity contribution in [3.05, 3.63) is 88.6 Å². The van der Waals surface area contributed by atoms with E-state index in [0.717, 1.165) is 10.5 Å². The molecule has 0 unspecified atom stereocenters. The van der Waals surface area contributed by atoms with Gasteiger partial charge < -0.3 is 14.8 Å². The fraction of sp³-hybridized carbons (Fsp3) is 0.0833. The Kier molecular flexibility index (Phi) is 4.64. The van der Waals surface area contributed by atoms with Crippen LogP contribution in [0.2, 0.25) is 5.02 Å². The molecule has 0 radical (unpaired) electrons. The molecule has 3 aromatic carbocycles. The molecule has 2 aliphatic heterocycles. The Morgan fingerprint density at radius 1 is 0.903 bits per heavy atom. The molecule has 154 valence electrons. The number of benzene rings is 3. The van der Waals surface area contributed by atoms with Crippen LogP contribution in [0.3, 0.4) is 0 Å². The van der Waals surface area contributed by atoms with Crippen LogP contribution >= 0.6 is 11.6 Å². The van der Waals surface area contributed by atoms with Crippen LogP contribution in [-0.2, 0) is 9.59 Å². The van der Waals surface area contributed by atoms with Gasteiger partial charge in [0.25, 0.3) is 11.8 Å². The summed E-state index contributed by atoms with van der Waals surface area (Å²) in [5.74, 6) is 0.333. The van der Waals surface area contributed by atoms with Gasteiger partial charge in [0.15, 0.2) is 11.5 Å². The largest absolute Gasteiger partial charge is 0.454 e. The maximum absolute atomic E-state index is 13.4. The molecular weight excluding hydrogens is 416 g/mol. The van der Waals surface area contributed by atoms with Gasteiger partial charge in [-0.05, 0) is 42.3 Å². The second-order valence-electron chi connectivity index (χ2n) is 7.19. The second kappa shape index (κ2) is 7.49. The number of anilines is 2. The first-order valence-corrected chi connectivity index (χ1v) is 10.0. The zero-order valence-electron chi connectivity index (χ0n) is 16.5. The standard InChI is InChI=1S/C24H17ClN2O4/c1-14-7-9-17(12-18(14)25)27-23(28)21(15-5-3-2-4-6-15)22(24(27)29)26-16-8-10-19-20(11-16)31-13-30-19/h2-12,26H,13H2,1H3. The first kappa shape index (κ1) is 19.2. The monoisotopic (exact) mass is 432 g/mol. The molecule has 2 aliphatic rings. The molecule has 0 aromatic heterocycles. The van der Waals surface area contributed by atoms with Crippen LogP contribution in [0.4, 0.5) is 11.4 Å². The summed E-state index contributed by atoms with van der Waals surface area (Å²) in [4.78, 5) is 28.0. The van der Waals surface area contributed by atoms with Crippen LogP contribution in [0.5, 0.6) is 11.5 Å². The minimum Gasteiger partial charge on any atom is -0.454 e. The van der Waals surface area contributed by atoms with E-state index in [1.165, 1.54) is 0 Å². The lowest BCUT2D eigenvalue weighted by atomic mass is 10.0. The molecule has 0 atom stereocenters. The third kappa shape index (κ3) is 3.31. The summed E-state index contributed by atoms with van der Waals surface area (Å²) in [5.41, 5.74) is 3.01. The van der Waals surface area contributed by atoms with E-state index in [9.17, 15) is 9.59 Å². The van der Waals surface area contributed by atoms with Gasteiger partial charge in [-0.15, -0.1) is 0 Å². The summed E-state index contributed by atoms with van der Waals surface area (Å²) in [6.07, 6.45) is 0. The molecule has 1 N–H and O–H groups in total. The first-order valence-electron chi connectivity index (χ1n) is 9.64. The van der Waals surface area contributed by atoms with E-state index in [2.05, 4.69) is 5.32 Å². The molecule has 0 saturated carbocycles. The van der Waals surface area contributed by atoms with Crippen LogP contribution < -0.4 is 19.7 Å². The molecule has 31 heavy (non-hydrogen) atoms. The zero-order chi connectivity index (χ0) is 21.5. The van der Waals surface area contributed by atoms with Crippen molar-refractivity contribution >= 4 is 40.4 Å². The number of ether oxygens (including phenoxy) is 2. The maximum atomic E-state index is 13.4. The molecule has 3 aromatic rings. The number of nitrogens with zero attached hydrogens (tertiary/aromatic N) is 1. The summed E-state index contributed by atoms with van der Waals surface area (Å²) >= 11 is 6.26.